The molecule has 1 radical (unpaired) electrons. The number of hydrogen-bond acceptors (Lipinski definition) is 3. The van der Waals surface area contributed by atoms with Crippen LogP contribution in [0.3, 0.4) is 0 Å². The Kier molecular flexibility index (Phi) is 4.40. The first-order chi connectivity index (χ1) is 10.1. The topological polar surface area (TPSA) is 91.4 Å². The molecule has 6 heteroatoms. The summed E-state index contributed by atoms with van der Waals surface area (Å²) in [6, 6.07) is 16.6. The van der Waals surface area contributed by atoms with E-state index in [2.05, 4.69) is 11.5 Å². The van der Waals surface area contributed by atoms with Gasteiger partial charge < -0.3 is 10.5 Å². The fraction of sp³-hybridized carbons (Fsp3) is 0.0667. The Morgan fingerprint density at radius 2 is 2.00 bits per heavy atom. The van der Waals surface area contributed by atoms with Gasteiger partial charge in [0.2, 0.25) is 5.96 Å². The number of ether oxygens (including phenoxy) is 1. The van der Waals surface area contributed by atoms with Crippen LogP contribution in [-0.4, -0.2) is 19.0 Å². The minimum absolute atomic E-state index is 0.356. The predicted molar refractivity (Wildman–Crippen MR) is 80.1 cm³/mol. The van der Waals surface area contributed by atoms with Gasteiger partial charge in [-0.2, -0.15) is 0 Å². The van der Waals surface area contributed by atoms with Gasteiger partial charge in [-0.05, 0) is 18.2 Å². The smallest absolute Gasteiger partial charge is 0.277 e. The minimum atomic E-state index is -0.358. The fourth-order valence-corrected chi connectivity index (χ4v) is 1.80. The van der Waals surface area contributed by atoms with Gasteiger partial charge in [-0.1, -0.05) is 30.3 Å². The van der Waals surface area contributed by atoms with Gasteiger partial charge in [0.25, 0.3) is 5.91 Å². The number of carbonyl (C=O) groups excluding carboxylic acids is 1. The number of nitrogens with two attached hydrogens (primary N) is 1. The molecule has 107 valence electrons. The summed E-state index contributed by atoms with van der Waals surface area (Å²) in [6.45, 7) is 0. The van der Waals surface area contributed by atoms with Crippen LogP contribution in [0.5, 0.6) is 5.75 Å². The van der Waals surface area contributed by atoms with E-state index in [-0.39, 0.29) is 11.9 Å². The third-order valence-electron chi connectivity index (χ3n) is 2.70. The highest BCUT2D eigenvalue weighted by Gasteiger charge is 2.21. The van der Waals surface area contributed by atoms with Crippen molar-refractivity contribution < 1.29 is 9.53 Å². The Bertz CT molecular complexity index is 643. The first-order valence-corrected chi connectivity index (χ1v) is 6.18. The Hall–Kier alpha value is -3.02. The Morgan fingerprint density at radius 1 is 1.29 bits per heavy atom. The molecule has 0 aliphatic rings. The molecule has 0 heterocycles. The van der Waals surface area contributed by atoms with Crippen LogP contribution in [0, 0.1) is 11.5 Å². The third-order valence-corrected chi connectivity index (χ3v) is 2.70. The van der Waals surface area contributed by atoms with Crippen molar-refractivity contribution in [2.45, 2.75) is 0 Å². The molecule has 1 amide bonds. The normalized spacial score (nSPS) is 9.76. The summed E-state index contributed by atoms with van der Waals surface area (Å²) < 4.78 is 5.19. The minimum Gasteiger partial charge on any atom is -0.494 e. The van der Waals surface area contributed by atoms with Gasteiger partial charge in [0.15, 0.2) is 5.75 Å². The molecule has 0 aliphatic carbocycles. The lowest BCUT2D eigenvalue weighted by atomic mass is 10.2. The summed E-state index contributed by atoms with van der Waals surface area (Å²) in [6.07, 6.45) is 0. The molecule has 0 bridgehead atoms. The van der Waals surface area contributed by atoms with Crippen LogP contribution in [0.15, 0.2) is 48.5 Å². The lowest BCUT2D eigenvalue weighted by molar-refractivity contribution is 0.0979. The van der Waals surface area contributed by atoms with Gasteiger partial charge in [-0.15, -0.1) is 0 Å². The number of rotatable bonds is 3. The molecule has 2 aromatic carbocycles. The predicted octanol–water partition coefficient (Wildman–Crippen LogP) is 1.54. The third kappa shape index (κ3) is 3.30. The zero-order valence-electron chi connectivity index (χ0n) is 11.5. The molecule has 2 aromatic rings. The van der Waals surface area contributed by atoms with Crippen molar-refractivity contribution in [2.75, 3.05) is 12.1 Å². The number of nitrogens with one attached hydrogen (secondary N) is 2. The van der Waals surface area contributed by atoms with E-state index >= 15 is 0 Å². The van der Waals surface area contributed by atoms with Gasteiger partial charge in [0.1, 0.15) is 5.69 Å². The maximum atomic E-state index is 12.6. The molecule has 0 saturated carbocycles. The van der Waals surface area contributed by atoms with Crippen molar-refractivity contribution in [2.24, 2.45) is 5.73 Å². The van der Waals surface area contributed by atoms with Crippen molar-refractivity contribution in [1.29, 1.82) is 5.41 Å². The first-order valence-electron chi connectivity index (χ1n) is 6.18. The highest BCUT2D eigenvalue weighted by Crippen LogP contribution is 2.27. The molecule has 0 atom stereocenters. The largest absolute Gasteiger partial charge is 0.494 e. The van der Waals surface area contributed by atoms with E-state index in [1.165, 1.54) is 7.11 Å². The second-order valence-electron chi connectivity index (χ2n) is 4.12. The molecule has 2 rings (SSSR count). The van der Waals surface area contributed by atoms with Crippen LogP contribution in [-0.2, 0) is 0 Å². The first kappa shape index (κ1) is 14.4. The molecule has 0 aliphatic heterocycles. The molecule has 0 spiro atoms. The number of para-hydroxylation sites is 1. The zero-order chi connectivity index (χ0) is 15.2. The molecule has 0 fully saturated rings. The monoisotopic (exact) mass is 283 g/mol. The Morgan fingerprint density at radius 3 is 2.62 bits per heavy atom. The summed E-state index contributed by atoms with van der Waals surface area (Å²) in [5.74, 6) is -0.343. The number of nitrogens with zero attached hydrogens (tertiary/aromatic N) is 1. The van der Waals surface area contributed by atoms with E-state index in [9.17, 15) is 4.79 Å². The number of benzene rings is 2. The quantitative estimate of drug-likeness (QED) is 0.452. The van der Waals surface area contributed by atoms with E-state index in [1.54, 1.807) is 42.5 Å². The standard InChI is InChI=1S/C15H15N4O2/c1-21-13-10-6-5-9-12(13)19(18-15(16)17)14(20)11-7-3-2-4-8-11/h2-9H,1H3,(H4,16,17,18). The summed E-state index contributed by atoms with van der Waals surface area (Å²) >= 11 is 0. The van der Waals surface area contributed by atoms with Crippen molar-refractivity contribution in [3.63, 3.8) is 0 Å². The number of carbonyl (C=O) groups is 1. The molecular formula is C15H15N4O2. The summed E-state index contributed by atoms with van der Waals surface area (Å²) in [5.41, 5.74) is 8.76. The van der Waals surface area contributed by atoms with E-state index in [1.807, 2.05) is 6.07 Å². The number of guanidine groups is 1. The van der Waals surface area contributed by atoms with Crippen LogP contribution in [0.2, 0.25) is 0 Å². The maximum Gasteiger partial charge on any atom is 0.277 e. The maximum absolute atomic E-state index is 12.6. The van der Waals surface area contributed by atoms with Crippen LogP contribution >= 0.6 is 0 Å². The fourth-order valence-electron chi connectivity index (χ4n) is 1.80. The van der Waals surface area contributed by atoms with E-state index < -0.39 is 0 Å². The van der Waals surface area contributed by atoms with E-state index in [0.717, 1.165) is 5.01 Å². The number of amides is 1. The highest BCUT2D eigenvalue weighted by atomic mass is 16.5. The highest BCUT2D eigenvalue weighted by molar-refractivity contribution is 6.07. The Balaban J connectivity index is 2.43. The number of anilines is 1. The van der Waals surface area contributed by atoms with Gasteiger partial charge in [-0.3, -0.25) is 15.6 Å². The van der Waals surface area contributed by atoms with Gasteiger partial charge in [-0.25, -0.2) is 5.01 Å². The van der Waals surface area contributed by atoms with Gasteiger partial charge in [0, 0.05) is 11.6 Å². The van der Waals surface area contributed by atoms with Crippen molar-refractivity contribution in [3.05, 3.63) is 60.2 Å². The second kappa shape index (κ2) is 6.42. The van der Waals surface area contributed by atoms with Crippen LogP contribution in [0.1, 0.15) is 10.4 Å². The van der Waals surface area contributed by atoms with E-state index in [4.69, 9.17) is 15.9 Å². The number of methoxy groups -OCH3 is 1. The molecule has 0 unspecified atom stereocenters. The van der Waals surface area contributed by atoms with Gasteiger partial charge >= 0.3 is 0 Å². The number of hydrogen-bond donors (Lipinski definition) is 3. The molecular weight excluding hydrogens is 268 g/mol. The average molecular weight is 283 g/mol. The molecule has 21 heavy (non-hydrogen) atoms. The molecule has 6 nitrogen and oxygen atoms in total. The van der Waals surface area contributed by atoms with Crippen LogP contribution < -0.4 is 20.9 Å². The summed E-state index contributed by atoms with van der Waals surface area (Å²) in [7, 11) is 1.48. The zero-order valence-corrected chi connectivity index (χ0v) is 11.5. The van der Waals surface area contributed by atoms with Crippen molar-refractivity contribution in [1.82, 2.24) is 5.43 Å². The Labute approximate surface area is 122 Å². The van der Waals surface area contributed by atoms with E-state index in [0.29, 0.717) is 17.0 Å². The lowest BCUT2D eigenvalue weighted by Gasteiger charge is -2.24. The lowest BCUT2D eigenvalue weighted by Crippen LogP contribution is -2.49. The summed E-state index contributed by atoms with van der Waals surface area (Å²) in [4.78, 5) is 12.6. The van der Waals surface area contributed by atoms with Crippen molar-refractivity contribution in [3.8, 4) is 5.75 Å². The molecule has 0 aromatic heterocycles. The van der Waals surface area contributed by atoms with Gasteiger partial charge in [0.05, 0.1) is 7.11 Å². The average Bonchev–Trinajstić information content (AvgIpc) is 2.52. The SMILES string of the molecule is COc1[c]cccc1N(NC(=N)N)C(=O)c1ccccc1. The molecule has 4 N–H and O–H groups in total. The second-order valence-corrected chi connectivity index (χ2v) is 4.12. The van der Waals surface area contributed by atoms with Crippen molar-refractivity contribution >= 4 is 17.6 Å². The summed E-state index contributed by atoms with van der Waals surface area (Å²) in [5, 5.41) is 8.54. The number of hydrazine groups is 1. The molecule has 0 saturated heterocycles. The van der Waals surface area contributed by atoms with Crippen LogP contribution in [0.25, 0.3) is 0 Å². The van der Waals surface area contributed by atoms with Crippen LogP contribution in [0.4, 0.5) is 5.69 Å².